The number of ether oxygens (including phenoxy) is 3. The Bertz CT molecular complexity index is 910. The quantitative estimate of drug-likeness (QED) is 0.373. The molecule has 34 heavy (non-hydrogen) atoms. The topological polar surface area (TPSA) is 61.8 Å². The van der Waals surface area contributed by atoms with Gasteiger partial charge in [0, 0.05) is 25.7 Å². The van der Waals surface area contributed by atoms with Gasteiger partial charge in [-0.15, -0.1) is 0 Å². The molecule has 2 bridgehead atoms. The highest BCUT2D eigenvalue weighted by Crippen LogP contribution is 2.42. The van der Waals surface area contributed by atoms with Gasteiger partial charge in [0.1, 0.15) is 12.7 Å². The van der Waals surface area contributed by atoms with Gasteiger partial charge in [-0.05, 0) is 18.1 Å². The van der Waals surface area contributed by atoms with Gasteiger partial charge in [-0.3, -0.25) is 0 Å². The van der Waals surface area contributed by atoms with Crippen molar-refractivity contribution in [3.63, 3.8) is 0 Å². The zero-order valence-electron chi connectivity index (χ0n) is 20.1. The smallest absolute Gasteiger partial charge is 0.348 e. The molecule has 2 aliphatic heterocycles. The average Bonchev–Trinajstić information content (AvgIpc) is 2.97. The van der Waals surface area contributed by atoms with E-state index in [-0.39, 0.29) is 36.3 Å². The molecule has 0 N–H and O–H groups in total. The molecule has 2 aromatic carbocycles. The first kappa shape index (κ1) is 26.4. The van der Waals surface area contributed by atoms with Gasteiger partial charge in [0.15, 0.2) is 0 Å². The van der Waals surface area contributed by atoms with Crippen molar-refractivity contribution in [2.45, 2.75) is 56.4 Å². The first-order valence-electron chi connectivity index (χ1n) is 11.8. The Morgan fingerprint density at radius 3 is 1.88 bits per heavy atom. The number of halogens is 1. The SMILES string of the molecule is CCOC(=O)COC(C(=O)O[C@@H]1C[C@H]2CC[C@@H](C1)[N+]2(C)C)(c1ccccc1)c1ccccc1.[Br-]. The van der Waals surface area contributed by atoms with E-state index in [1.165, 1.54) is 0 Å². The molecule has 2 aliphatic rings. The molecule has 2 fully saturated rings. The van der Waals surface area contributed by atoms with Gasteiger partial charge in [0.05, 0.1) is 32.8 Å². The minimum atomic E-state index is -1.56. The Kier molecular flexibility index (Phi) is 8.55. The second-order valence-electron chi connectivity index (χ2n) is 9.52. The molecule has 6 nitrogen and oxygen atoms in total. The van der Waals surface area contributed by atoms with E-state index < -0.39 is 17.5 Å². The molecule has 0 aliphatic carbocycles. The highest BCUT2D eigenvalue weighted by molar-refractivity contribution is 5.86. The van der Waals surface area contributed by atoms with E-state index >= 15 is 0 Å². The van der Waals surface area contributed by atoms with Crippen LogP contribution in [0.5, 0.6) is 0 Å². The fourth-order valence-corrected chi connectivity index (χ4v) is 5.50. The molecular formula is C27H34BrNO5. The van der Waals surface area contributed by atoms with Crippen LogP contribution in [0.1, 0.15) is 43.7 Å². The third-order valence-electron chi connectivity index (χ3n) is 7.42. The molecule has 0 spiro atoms. The van der Waals surface area contributed by atoms with Crippen molar-refractivity contribution in [1.29, 1.82) is 0 Å². The summed E-state index contributed by atoms with van der Waals surface area (Å²) in [5.74, 6) is -1.00. The Morgan fingerprint density at radius 2 is 1.41 bits per heavy atom. The Morgan fingerprint density at radius 1 is 0.912 bits per heavy atom. The Balaban J connectivity index is 0.00000324. The summed E-state index contributed by atoms with van der Waals surface area (Å²) in [5.41, 5.74) is -0.309. The van der Waals surface area contributed by atoms with Crippen LogP contribution < -0.4 is 17.0 Å². The first-order chi connectivity index (χ1) is 15.9. The summed E-state index contributed by atoms with van der Waals surface area (Å²) >= 11 is 0. The second kappa shape index (κ2) is 11.0. The molecular weight excluding hydrogens is 498 g/mol. The minimum Gasteiger partial charge on any atom is -1.00 e. The minimum absolute atomic E-state index is 0. The number of hydrogen-bond donors (Lipinski definition) is 0. The monoisotopic (exact) mass is 531 g/mol. The van der Waals surface area contributed by atoms with Gasteiger partial charge in [0.25, 0.3) is 0 Å². The van der Waals surface area contributed by atoms with Gasteiger partial charge in [-0.1, -0.05) is 60.7 Å². The fourth-order valence-electron chi connectivity index (χ4n) is 5.50. The third-order valence-corrected chi connectivity index (χ3v) is 7.42. The highest BCUT2D eigenvalue weighted by atomic mass is 79.9. The number of hydrogen-bond acceptors (Lipinski definition) is 5. The van der Waals surface area contributed by atoms with Crippen molar-refractivity contribution in [2.24, 2.45) is 0 Å². The lowest BCUT2D eigenvalue weighted by Crippen LogP contribution is -3.00. The number of carbonyl (C=O) groups excluding carboxylic acids is 2. The van der Waals surface area contributed by atoms with E-state index in [4.69, 9.17) is 14.2 Å². The van der Waals surface area contributed by atoms with E-state index in [9.17, 15) is 9.59 Å². The number of esters is 2. The molecule has 0 unspecified atom stereocenters. The predicted octanol–water partition coefficient (Wildman–Crippen LogP) is 0.827. The second-order valence-corrected chi connectivity index (χ2v) is 9.52. The lowest BCUT2D eigenvalue weighted by molar-refractivity contribution is -0.931. The number of fused-ring (bicyclic) bond motifs is 2. The summed E-state index contributed by atoms with van der Waals surface area (Å²) in [6.45, 7) is 1.63. The summed E-state index contributed by atoms with van der Waals surface area (Å²) in [6.07, 6.45) is 3.83. The van der Waals surface area contributed by atoms with Crippen molar-refractivity contribution in [2.75, 3.05) is 27.3 Å². The summed E-state index contributed by atoms with van der Waals surface area (Å²) in [7, 11) is 4.56. The first-order valence-corrected chi connectivity index (χ1v) is 11.8. The summed E-state index contributed by atoms with van der Waals surface area (Å²) < 4.78 is 18.5. The summed E-state index contributed by atoms with van der Waals surface area (Å²) in [6, 6.07) is 19.5. The standard InChI is InChI=1S/C27H34NO5.BrH/c1-4-31-25(29)19-32-27(20-11-7-5-8-12-20,21-13-9-6-10-14-21)26(30)33-24-17-22-15-16-23(18-24)28(22,2)3;/h5-14,22-24H,4,15-19H2,1-3H3;1H/q+1;/p-1/t22-,23+,24-;. The van der Waals surface area contributed by atoms with Gasteiger partial charge in [-0.2, -0.15) is 0 Å². The normalized spacial score (nSPS) is 23.0. The summed E-state index contributed by atoms with van der Waals surface area (Å²) in [4.78, 5) is 26.2. The van der Waals surface area contributed by atoms with Crippen LogP contribution in [0.25, 0.3) is 0 Å². The van der Waals surface area contributed by atoms with Crippen molar-refractivity contribution >= 4 is 11.9 Å². The van der Waals surface area contributed by atoms with Gasteiger partial charge in [-0.25, -0.2) is 9.59 Å². The molecule has 4 rings (SSSR count). The van der Waals surface area contributed by atoms with Crippen LogP contribution in [0, 0.1) is 0 Å². The maximum absolute atomic E-state index is 14.0. The molecule has 2 saturated heterocycles. The Labute approximate surface area is 212 Å². The van der Waals surface area contributed by atoms with Crippen molar-refractivity contribution in [1.82, 2.24) is 0 Å². The third kappa shape index (κ3) is 5.07. The Hall–Kier alpha value is -2.22. The van der Waals surface area contributed by atoms with Gasteiger partial charge >= 0.3 is 11.9 Å². The average molecular weight is 532 g/mol. The predicted molar refractivity (Wildman–Crippen MR) is 124 cm³/mol. The molecule has 184 valence electrons. The van der Waals surface area contributed by atoms with Crippen LogP contribution in [0.3, 0.4) is 0 Å². The molecule has 7 heteroatoms. The maximum Gasteiger partial charge on any atom is 0.348 e. The van der Waals surface area contributed by atoms with E-state index in [1.807, 2.05) is 60.7 Å². The van der Waals surface area contributed by atoms with Crippen LogP contribution >= 0.6 is 0 Å². The van der Waals surface area contributed by atoms with E-state index in [0.29, 0.717) is 23.2 Å². The van der Waals surface area contributed by atoms with Crippen LogP contribution in [0.2, 0.25) is 0 Å². The van der Waals surface area contributed by atoms with E-state index in [2.05, 4.69) is 14.1 Å². The van der Waals surface area contributed by atoms with E-state index in [0.717, 1.165) is 30.2 Å². The van der Waals surface area contributed by atoms with Crippen LogP contribution in [-0.4, -0.2) is 61.9 Å². The number of carbonyl (C=O) groups is 2. The lowest BCUT2D eigenvalue weighted by atomic mass is 9.85. The molecule has 3 atom stereocenters. The zero-order valence-corrected chi connectivity index (χ0v) is 21.7. The molecule has 0 saturated carbocycles. The van der Waals surface area contributed by atoms with Gasteiger partial charge in [0.2, 0.25) is 5.60 Å². The van der Waals surface area contributed by atoms with Crippen molar-refractivity contribution < 1.29 is 45.3 Å². The highest BCUT2D eigenvalue weighted by Gasteiger charge is 2.52. The lowest BCUT2D eigenvalue weighted by Gasteiger charge is -2.44. The van der Waals surface area contributed by atoms with Crippen LogP contribution in [0.4, 0.5) is 0 Å². The molecule has 0 amide bonds. The van der Waals surface area contributed by atoms with Gasteiger partial charge < -0.3 is 35.7 Å². The van der Waals surface area contributed by atoms with E-state index in [1.54, 1.807) is 6.92 Å². The number of piperidine rings is 1. The van der Waals surface area contributed by atoms with Crippen LogP contribution in [0.15, 0.2) is 60.7 Å². The zero-order chi connectivity index (χ0) is 23.5. The number of rotatable bonds is 8. The largest absolute Gasteiger partial charge is 1.00 e. The number of benzene rings is 2. The van der Waals surface area contributed by atoms with Crippen molar-refractivity contribution in [3.8, 4) is 0 Å². The molecule has 2 aromatic rings. The van der Waals surface area contributed by atoms with Crippen LogP contribution in [-0.2, 0) is 29.4 Å². The molecule has 2 heterocycles. The number of quaternary nitrogens is 1. The number of nitrogens with zero attached hydrogens (tertiary/aromatic N) is 1. The molecule has 0 radical (unpaired) electrons. The fraction of sp³-hybridized carbons (Fsp3) is 0.481. The summed E-state index contributed by atoms with van der Waals surface area (Å²) in [5, 5.41) is 0. The van der Waals surface area contributed by atoms with Crippen molar-refractivity contribution in [3.05, 3.63) is 71.8 Å². The maximum atomic E-state index is 14.0. The molecule has 0 aromatic heterocycles.